The molecule has 2 bridgehead atoms. The van der Waals surface area contributed by atoms with Gasteiger partial charge in [-0.05, 0) is 56.0 Å². The Morgan fingerprint density at radius 2 is 1.56 bits per heavy atom. The number of hydrogen-bond donors (Lipinski definition) is 1. The average Bonchev–Trinajstić information content (AvgIpc) is 3.17. The Morgan fingerprint density at radius 3 is 2.08 bits per heavy atom. The third-order valence-electron chi connectivity index (χ3n) is 5.54. The number of nitrogens with one attached hydrogen (secondary N) is 1. The van der Waals surface area contributed by atoms with Crippen LogP contribution in [0.5, 0.6) is 0 Å². The summed E-state index contributed by atoms with van der Waals surface area (Å²) in [6.07, 6.45) is 1.29. The van der Waals surface area contributed by atoms with Gasteiger partial charge in [0.15, 0.2) is 0 Å². The predicted octanol–water partition coefficient (Wildman–Crippen LogP) is 3.71. The normalized spacial score (nSPS) is 35.4. The molecule has 0 saturated carbocycles. The molecule has 0 radical (unpaired) electrons. The van der Waals surface area contributed by atoms with E-state index in [1.54, 1.807) is 0 Å². The molecule has 142 valence electrons. The fraction of sp³-hybridized carbons (Fsp3) is 0.571. The van der Waals surface area contributed by atoms with Crippen LogP contribution >= 0.6 is 10.2 Å². The zero-order valence-electron chi connectivity index (χ0n) is 12.9. The summed E-state index contributed by atoms with van der Waals surface area (Å²) < 4.78 is 92.3. The van der Waals surface area contributed by atoms with Crippen LogP contribution in [0.4, 0.5) is 19.4 Å². The van der Waals surface area contributed by atoms with Gasteiger partial charge in [0.25, 0.3) is 0 Å². The van der Waals surface area contributed by atoms with Gasteiger partial charge in [-0.25, -0.2) is 8.42 Å². The Balaban J connectivity index is 1.76. The van der Waals surface area contributed by atoms with Gasteiger partial charge in [-0.2, -0.15) is 4.31 Å². The van der Waals surface area contributed by atoms with E-state index in [4.69, 9.17) is 0 Å². The monoisotopic (exact) mass is 404 g/mol. The maximum Gasteiger partial charge on any atom is 0.310 e. The summed E-state index contributed by atoms with van der Waals surface area (Å²) in [5, 5.41) is 3.21. The van der Waals surface area contributed by atoms with E-state index in [0.717, 1.165) is 12.1 Å². The number of nitrogens with zero attached hydrogens (tertiary/aromatic N) is 1. The van der Waals surface area contributed by atoms with Gasteiger partial charge in [0.2, 0.25) is 10.0 Å². The van der Waals surface area contributed by atoms with Crippen LogP contribution < -0.4 is 5.32 Å². The minimum Gasteiger partial charge on any atom is -0.316 e. The highest BCUT2D eigenvalue weighted by atomic mass is 32.5. The number of sulfonamides is 1. The van der Waals surface area contributed by atoms with Gasteiger partial charge in [0, 0.05) is 12.1 Å². The molecule has 4 atom stereocenters. The fourth-order valence-electron chi connectivity index (χ4n) is 4.56. The summed E-state index contributed by atoms with van der Waals surface area (Å²) in [6.45, 7) is 1.34. The van der Waals surface area contributed by atoms with Gasteiger partial charge < -0.3 is 5.32 Å². The Hall–Kier alpha value is -0.910. The smallest absolute Gasteiger partial charge is 0.310 e. The molecule has 1 N–H and O–H groups in total. The van der Waals surface area contributed by atoms with E-state index < -0.39 is 30.0 Å². The van der Waals surface area contributed by atoms with Crippen LogP contribution in [-0.2, 0) is 10.0 Å². The van der Waals surface area contributed by atoms with Crippen molar-refractivity contribution in [3.05, 3.63) is 24.3 Å². The predicted molar refractivity (Wildman–Crippen MR) is 83.5 cm³/mol. The summed E-state index contributed by atoms with van der Waals surface area (Å²) in [5.41, 5.74) is 0. The molecular formula is C14H17F5N2O2S2. The highest BCUT2D eigenvalue weighted by Crippen LogP contribution is 3.02. The molecule has 0 aliphatic carbocycles. The first-order valence-corrected chi connectivity index (χ1v) is 11.3. The lowest BCUT2D eigenvalue weighted by molar-refractivity contribution is 0.354. The van der Waals surface area contributed by atoms with E-state index in [2.05, 4.69) is 5.32 Å². The Morgan fingerprint density at radius 1 is 1.00 bits per heavy atom. The van der Waals surface area contributed by atoms with Crippen LogP contribution in [0.15, 0.2) is 34.1 Å². The first kappa shape index (κ1) is 17.5. The highest BCUT2D eigenvalue weighted by molar-refractivity contribution is 8.45. The fourth-order valence-corrected chi connectivity index (χ4v) is 7.33. The first-order chi connectivity index (χ1) is 11.3. The van der Waals surface area contributed by atoms with Crippen molar-refractivity contribution in [2.75, 3.05) is 13.1 Å². The number of halogens is 5. The molecule has 1 aromatic rings. The van der Waals surface area contributed by atoms with Crippen molar-refractivity contribution in [3.8, 4) is 0 Å². The SMILES string of the molecule is O=S(=O)(c1cccc(S(F)(F)(F)(F)F)c1)N1[C@@H]2CC[C@H]1[C@H]1CNC[C@H]12. The van der Waals surface area contributed by atoms with Crippen LogP contribution in [0.1, 0.15) is 12.8 Å². The van der Waals surface area contributed by atoms with Gasteiger partial charge in [-0.3, -0.25) is 0 Å². The number of hydrogen-bond acceptors (Lipinski definition) is 3. The van der Waals surface area contributed by atoms with E-state index in [-0.39, 0.29) is 36.1 Å². The van der Waals surface area contributed by atoms with Crippen molar-refractivity contribution < 1.29 is 27.8 Å². The molecule has 3 aliphatic heterocycles. The number of benzene rings is 1. The Bertz CT molecular complexity index is 825. The topological polar surface area (TPSA) is 49.4 Å². The largest absolute Gasteiger partial charge is 0.316 e. The molecule has 4 rings (SSSR count). The van der Waals surface area contributed by atoms with Crippen LogP contribution in [0.2, 0.25) is 0 Å². The van der Waals surface area contributed by atoms with Crippen molar-refractivity contribution in [2.24, 2.45) is 11.8 Å². The van der Waals surface area contributed by atoms with E-state index in [9.17, 15) is 27.8 Å². The van der Waals surface area contributed by atoms with Crippen LogP contribution in [0, 0.1) is 11.8 Å². The second-order valence-electron chi connectivity index (χ2n) is 6.98. The molecule has 0 spiro atoms. The molecule has 3 fully saturated rings. The summed E-state index contributed by atoms with van der Waals surface area (Å²) in [4.78, 5) is -2.89. The molecule has 4 nitrogen and oxygen atoms in total. The molecule has 3 heterocycles. The molecule has 3 aliphatic rings. The maximum absolute atomic E-state index is 13.0. The van der Waals surface area contributed by atoms with Crippen LogP contribution in [0.3, 0.4) is 0 Å². The van der Waals surface area contributed by atoms with Crippen molar-refractivity contribution in [1.82, 2.24) is 9.62 Å². The summed E-state index contributed by atoms with van der Waals surface area (Å²) in [5.74, 6) is 0.264. The first-order valence-electron chi connectivity index (χ1n) is 7.87. The number of rotatable bonds is 3. The molecule has 11 heteroatoms. The minimum atomic E-state index is -9.93. The maximum atomic E-state index is 13.0. The molecule has 0 amide bonds. The van der Waals surface area contributed by atoms with Crippen molar-refractivity contribution >= 4 is 20.2 Å². The second-order valence-corrected chi connectivity index (χ2v) is 11.2. The van der Waals surface area contributed by atoms with Gasteiger partial charge in [0.05, 0.1) is 4.90 Å². The van der Waals surface area contributed by atoms with E-state index in [1.165, 1.54) is 4.31 Å². The minimum absolute atomic E-state index is 0.0721. The lowest BCUT2D eigenvalue weighted by atomic mass is 9.82. The van der Waals surface area contributed by atoms with Crippen LogP contribution in [0.25, 0.3) is 0 Å². The molecule has 1 aromatic carbocycles. The second kappa shape index (κ2) is 4.49. The summed E-state index contributed by atoms with van der Waals surface area (Å²) in [6, 6.07) is 1.41. The van der Waals surface area contributed by atoms with Gasteiger partial charge in [-0.1, -0.05) is 25.5 Å². The zero-order valence-corrected chi connectivity index (χ0v) is 14.6. The van der Waals surface area contributed by atoms with Crippen molar-refractivity contribution in [2.45, 2.75) is 34.7 Å². The Kier molecular flexibility index (Phi) is 3.14. The van der Waals surface area contributed by atoms with Gasteiger partial charge in [0.1, 0.15) is 4.90 Å². The van der Waals surface area contributed by atoms with Crippen molar-refractivity contribution in [3.63, 3.8) is 0 Å². The highest BCUT2D eigenvalue weighted by Gasteiger charge is 2.66. The Labute approximate surface area is 142 Å². The van der Waals surface area contributed by atoms with Gasteiger partial charge in [-0.15, -0.1) is 0 Å². The van der Waals surface area contributed by atoms with Crippen LogP contribution in [-0.4, -0.2) is 37.9 Å². The lowest BCUT2D eigenvalue weighted by Crippen LogP contribution is -2.39. The standard InChI is InChI=1S/C14H17F5N2O2S2/c15-25(16,17,18,19)10-3-1-2-9(6-10)24(22,23)21-13-4-5-14(21)12-8-20-7-11(12)13/h1-3,6,11-14,20H,4-5,7-8H2/t11-,12+,13-,14+. The van der Waals surface area contributed by atoms with E-state index in [0.29, 0.717) is 25.9 Å². The van der Waals surface area contributed by atoms with E-state index in [1.807, 2.05) is 0 Å². The lowest BCUT2D eigenvalue weighted by Gasteiger charge is -2.40. The quantitative estimate of drug-likeness (QED) is 0.782. The van der Waals surface area contributed by atoms with Crippen molar-refractivity contribution in [1.29, 1.82) is 0 Å². The average molecular weight is 404 g/mol. The molecule has 3 saturated heterocycles. The van der Waals surface area contributed by atoms with Gasteiger partial charge >= 0.3 is 10.2 Å². The third kappa shape index (κ3) is 2.66. The zero-order chi connectivity index (χ0) is 18.3. The van der Waals surface area contributed by atoms with E-state index >= 15 is 0 Å². The molecular weight excluding hydrogens is 387 g/mol. The molecule has 0 unspecified atom stereocenters. The summed E-state index contributed by atoms with van der Waals surface area (Å²) >= 11 is 0. The molecule has 25 heavy (non-hydrogen) atoms. The molecule has 0 aromatic heterocycles. The summed E-state index contributed by atoms with van der Waals surface area (Å²) in [7, 11) is -14.2. The third-order valence-corrected chi connectivity index (χ3v) is 8.63. The number of fused-ring (bicyclic) bond motifs is 5.